The molecule has 1 aliphatic heterocycles. The maximum atomic E-state index is 6.35. The third-order valence-electron chi connectivity index (χ3n) is 3.69. The van der Waals surface area contributed by atoms with E-state index in [1.165, 1.54) is 0 Å². The van der Waals surface area contributed by atoms with Gasteiger partial charge in [-0.1, -0.05) is 30.1 Å². The van der Waals surface area contributed by atoms with Crippen molar-refractivity contribution in [3.8, 4) is 5.75 Å². The molecule has 5 heteroatoms. The molecule has 0 saturated carbocycles. The zero-order valence-electron chi connectivity index (χ0n) is 11.4. The van der Waals surface area contributed by atoms with Gasteiger partial charge in [0.05, 0.1) is 24.3 Å². The number of halogens is 2. The highest BCUT2D eigenvalue weighted by Crippen LogP contribution is 2.38. The molecular weight excluding hydrogens is 285 g/mol. The van der Waals surface area contributed by atoms with Crippen LogP contribution in [-0.2, 0) is 4.74 Å². The van der Waals surface area contributed by atoms with Crippen molar-refractivity contribution in [3.63, 3.8) is 0 Å². The van der Waals surface area contributed by atoms with Gasteiger partial charge in [0.1, 0.15) is 5.75 Å². The number of rotatable bonds is 4. The van der Waals surface area contributed by atoms with Crippen LogP contribution in [0, 0.1) is 5.92 Å². The molecule has 1 N–H and O–H groups in total. The Morgan fingerprint density at radius 2 is 2.11 bits per heavy atom. The van der Waals surface area contributed by atoms with Crippen molar-refractivity contribution in [1.82, 2.24) is 5.32 Å². The molecule has 3 unspecified atom stereocenters. The van der Waals surface area contributed by atoms with E-state index >= 15 is 0 Å². The summed E-state index contributed by atoms with van der Waals surface area (Å²) in [7, 11) is 3.49. The molecule has 3 nitrogen and oxygen atoms in total. The van der Waals surface area contributed by atoms with E-state index in [1.54, 1.807) is 13.2 Å². The van der Waals surface area contributed by atoms with E-state index in [-0.39, 0.29) is 12.1 Å². The van der Waals surface area contributed by atoms with Crippen molar-refractivity contribution in [2.45, 2.75) is 25.5 Å². The maximum Gasteiger partial charge on any atom is 0.138 e. The third-order valence-corrected chi connectivity index (χ3v) is 4.31. The summed E-state index contributed by atoms with van der Waals surface area (Å²) in [5.74, 6) is 1.08. The van der Waals surface area contributed by atoms with Crippen molar-refractivity contribution in [2.75, 3.05) is 20.8 Å². The molecule has 0 spiro atoms. The zero-order chi connectivity index (χ0) is 14.0. The predicted octanol–water partition coefficient (Wildman–Crippen LogP) is 3.69. The van der Waals surface area contributed by atoms with E-state index in [1.807, 2.05) is 13.1 Å². The first kappa shape index (κ1) is 14.9. The third kappa shape index (κ3) is 3.00. The fraction of sp³-hybridized carbons (Fsp3) is 0.571. The summed E-state index contributed by atoms with van der Waals surface area (Å²) in [6, 6.07) is 3.65. The predicted molar refractivity (Wildman–Crippen MR) is 78.3 cm³/mol. The summed E-state index contributed by atoms with van der Waals surface area (Å²) < 4.78 is 11.0. The molecule has 2 rings (SSSR count). The lowest BCUT2D eigenvalue weighted by atomic mass is 9.92. The van der Waals surface area contributed by atoms with Crippen molar-refractivity contribution in [2.24, 2.45) is 5.92 Å². The van der Waals surface area contributed by atoms with Gasteiger partial charge in [-0.15, -0.1) is 0 Å². The van der Waals surface area contributed by atoms with E-state index in [9.17, 15) is 0 Å². The second-order valence-corrected chi connectivity index (χ2v) is 5.69. The normalized spacial score (nSPS) is 24.5. The molecule has 19 heavy (non-hydrogen) atoms. The fourth-order valence-corrected chi connectivity index (χ4v) is 3.10. The Bertz CT molecular complexity index is 453. The quantitative estimate of drug-likeness (QED) is 0.920. The van der Waals surface area contributed by atoms with Crippen LogP contribution in [0.2, 0.25) is 10.0 Å². The largest absolute Gasteiger partial charge is 0.495 e. The van der Waals surface area contributed by atoms with Crippen molar-refractivity contribution in [1.29, 1.82) is 0 Å². The molecule has 0 bridgehead atoms. The van der Waals surface area contributed by atoms with Gasteiger partial charge in [-0.25, -0.2) is 0 Å². The number of methoxy groups -OCH3 is 1. The second kappa shape index (κ2) is 6.31. The Morgan fingerprint density at radius 3 is 2.63 bits per heavy atom. The van der Waals surface area contributed by atoms with Gasteiger partial charge in [0.15, 0.2) is 0 Å². The first-order valence-corrected chi connectivity index (χ1v) is 7.15. The number of benzene rings is 1. The first-order valence-electron chi connectivity index (χ1n) is 6.40. The van der Waals surface area contributed by atoms with Crippen LogP contribution in [0.15, 0.2) is 12.1 Å². The number of ether oxygens (including phenoxy) is 2. The Balaban J connectivity index is 2.35. The van der Waals surface area contributed by atoms with Gasteiger partial charge in [0, 0.05) is 17.7 Å². The van der Waals surface area contributed by atoms with Crippen LogP contribution in [0.4, 0.5) is 0 Å². The molecule has 106 valence electrons. The van der Waals surface area contributed by atoms with Crippen LogP contribution in [-0.4, -0.2) is 26.9 Å². The van der Waals surface area contributed by atoms with Gasteiger partial charge in [0.2, 0.25) is 0 Å². The smallest absolute Gasteiger partial charge is 0.138 e. The highest BCUT2D eigenvalue weighted by atomic mass is 35.5. The Hall–Kier alpha value is -0.480. The van der Waals surface area contributed by atoms with E-state index in [0.29, 0.717) is 21.7 Å². The lowest BCUT2D eigenvalue weighted by Crippen LogP contribution is -2.32. The van der Waals surface area contributed by atoms with Crippen LogP contribution in [0.3, 0.4) is 0 Å². The number of nitrogens with one attached hydrogen (secondary N) is 1. The summed E-state index contributed by atoms with van der Waals surface area (Å²) in [5, 5.41) is 4.49. The van der Waals surface area contributed by atoms with Crippen LogP contribution in [0.25, 0.3) is 0 Å². The molecule has 1 aromatic carbocycles. The number of hydrogen-bond acceptors (Lipinski definition) is 3. The number of likely N-dealkylation sites (N-methyl/N-ethyl adjacent to an activating group) is 1. The summed E-state index contributed by atoms with van der Waals surface area (Å²) in [4.78, 5) is 0. The van der Waals surface area contributed by atoms with E-state index < -0.39 is 0 Å². The standard InChI is InChI=1S/C14H19Cl2NO2/c1-8-4-5-19-14(8)13(17-2)9-6-11(16)12(18-3)7-10(9)15/h6-8,13-14,17H,4-5H2,1-3H3. The monoisotopic (exact) mass is 303 g/mol. The Morgan fingerprint density at radius 1 is 1.37 bits per heavy atom. The van der Waals surface area contributed by atoms with Crippen molar-refractivity contribution < 1.29 is 9.47 Å². The summed E-state index contributed by atoms with van der Waals surface area (Å²) in [5.41, 5.74) is 0.953. The number of hydrogen-bond donors (Lipinski definition) is 1. The highest BCUT2D eigenvalue weighted by Gasteiger charge is 2.33. The molecule has 0 amide bonds. The average Bonchev–Trinajstić information content (AvgIpc) is 2.80. The maximum absolute atomic E-state index is 6.35. The Labute approximate surface area is 124 Å². The molecule has 1 heterocycles. The van der Waals surface area contributed by atoms with Crippen LogP contribution in [0.1, 0.15) is 24.9 Å². The Kier molecular flexibility index (Phi) is 4.96. The lowest BCUT2D eigenvalue weighted by molar-refractivity contribution is 0.0631. The van der Waals surface area contributed by atoms with Crippen molar-refractivity contribution in [3.05, 3.63) is 27.7 Å². The summed E-state index contributed by atoms with van der Waals surface area (Å²) >= 11 is 12.5. The van der Waals surface area contributed by atoms with Gasteiger partial charge >= 0.3 is 0 Å². The molecule has 3 atom stereocenters. The summed E-state index contributed by atoms with van der Waals surface area (Å²) in [6.07, 6.45) is 1.19. The molecule has 1 saturated heterocycles. The van der Waals surface area contributed by atoms with Gasteiger partial charge in [0.25, 0.3) is 0 Å². The first-order chi connectivity index (χ1) is 9.08. The molecule has 1 aromatic rings. The molecule has 1 fully saturated rings. The SMILES string of the molecule is CNC(c1cc(Cl)c(OC)cc1Cl)C1OCCC1C. The van der Waals surface area contributed by atoms with Gasteiger partial charge in [-0.05, 0) is 31.0 Å². The minimum absolute atomic E-state index is 0.0356. The molecule has 1 aliphatic rings. The second-order valence-electron chi connectivity index (χ2n) is 4.88. The fourth-order valence-electron chi connectivity index (χ4n) is 2.58. The van der Waals surface area contributed by atoms with E-state index in [2.05, 4.69) is 12.2 Å². The van der Waals surface area contributed by atoms with E-state index in [4.69, 9.17) is 32.7 Å². The molecule has 0 aliphatic carbocycles. The molecule has 0 radical (unpaired) electrons. The molecular formula is C14H19Cl2NO2. The van der Waals surface area contributed by atoms with Gasteiger partial charge in [-0.2, -0.15) is 0 Å². The average molecular weight is 304 g/mol. The minimum atomic E-state index is 0.0356. The van der Waals surface area contributed by atoms with Crippen LogP contribution < -0.4 is 10.1 Å². The lowest BCUT2D eigenvalue weighted by Gasteiger charge is -2.27. The highest BCUT2D eigenvalue weighted by molar-refractivity contribution is 6.34. The van der Waals surface area contributed by atoms with Gasteiger partial charge < -0.3 is 14.8 Å². The van der Waals surface area contributed by atoms with Gasteiger partial charge in [-0.3, -0.25) is 0 Å². The zero-order valence-corrected chi connectivity index (χ0v) is 12.9. The van der Waals surface area contributed by atoms with Crippen LogP contribution >= 0.6 is 23.2 Å². The minimum Gasteiger partial charge on any atom is -0.495 e. The topological polar surface area (TPSA) is 30.5 Å². The summed E-state index contributed by atoms with van der Waals surface area (Å²) in [6.45, 7) is 2.99. The molecule has 0 aromatic heterocycles. The van der Waals surface area contributed by atoms with E-state index in [0.717, 1.165) is 18.6 Å². The van der Waals surface area contributed by atoms with Crippen LogP contribution in [0.5, 0.6) is 5.75 Å². The van der Waals surface area contributed by atoms with Crippen molar-refractivity contribution >= 4 is 23.2 Å².